The molecule has 2 unspecified atom stereocenters. The Labute approximate surface area is 112 Å². The zero-order valence-electron chi connectivity index (χ0n) is 11.8. The van der Waals surface area contributed by atoms with Gasteiger partial charge in [0.05, 0.1) is 12.2 Å². The second kappa shape index (κ2) is 8.13. The summed E-state index contributed by atoms with van der Waals surface area (Å²) in [6.45, 7) is 5.23. The Morgan fingerprint density at radius 3 is 1.94 bits per heavy atom. The highest BCUT2D eigenvalue weighted by molar-refractivity contribution is 4.74. The van der Waals surface area contributed by atoms with Gasteiger partial charge in [0.25, 0.3) is 0 Å². The fourth-order valence-electron chi connectivity index (χ4n) is 3.16. The van der Waals surface area contributed by atoms with E-state index in [0.29, 0.717) is 18.2 Å². The van der Waals surface area contributed by atoms with Gasteiger partial charge in [-0.1, -0.05) is 6.92 Å². The van der Waals surface area contributed by atoms with Gasteiger partial charge in [0.1, 0.15) is 0 Å². The highest BCUT2D eigenvalue weighted by Crippen LogP contribution is 2.21. The van der Waals surface area contributed by atoms with Gasteiger partial charge < -0.3 is 14.8 Å². The number of hydrogen-bond donors (Lipinski definition) is 1. The van der Waals surface area contributed by atoms with Crippen molar-refractivity contribution < 1.29 is 9.47 Å². The molecular formula is C15H29NO2. The van der Waals surface area contributed by atoms with Gasteiger partial charge in [0.2, 0.25) is 0 Å². The monoisotopic (exact) mass is 255 g/mol. The lowest BCUT2D eigenvalue weighted by molar-refractivity contribution is 0.0913. The molecule has 0 aromatic rings. The minimum absolute atomic E-state index is 0.536. The molecule has 2 fully saturated rings. The smallest absolute Gasteiger partial charge is 0.0576 e. The molecule has 0 aliphatic carbocycles. The number of hydrogen-bond acceptors (Lipinski definition) is 3. The van der Waals surface area contributed by atoms with Crippen molar-refractivity contribution in [2.24, 2.45) is 0 Å². The van der Waals surface area contributed by atoms with Crippen LogP contribution in [-0.2, 0) is 9.47 Å². The first kappa shape index (κ1) is 14.3. The van der Waals surface area contributed by atoms with Gasteiger partial charge in [-0.3, -0.25) is 0 Å². The molecule has 2 heterocycles. The van der Waals surface area contributed by atoms with Crippen LogP contribution >= 0.6 is 0 Å². The van der Waals surface area contributed by atoms with Crippen LogP contribution < -0.4 is 5.32 Å². The predicted molar refractivity (Wildman–Crippen MR) is 73.9 cm³/mol. The van der Waals surface area contributed by atoms with E-state index in [-0.39, 0.29) is 0 Å². The van der Waals surface area contributed by atoms with E-state index in [1.165, 1.54) is 51.4 Å². The molecule has 0 bridgehead atoms. The molecule has 106 valence electrons. The van der Waals surface area contributed by atoms with E-state index in [9.17, 15) is 0 Å². The van der Waals surface area contributed by atoms with Crippen molar-refractivity contribution in [3.63, 3.8) is 0 Å². The molecule has 0 aromatic heterocycles. The van der Waals surface area contributed by atoms with Crippen LogP contribution in [0, 0.1) is 0 Å². The lowest BCUT2D eigenvalue weighted by Gasteiger charge is -2.21. The lowest BCUT2D eigenvalue weighted by Crippen LogP contribution is -2.31. The van der Waals surface area contributed by atoms with Crippen LogP contribution in [-0.4, -0.2) is 38.0 Å². The molecule has 18 heavy (non-hydrogen) atoms. The predicted octanol–water partition coefficient (Wildman–Crippen LogP) is 2.88. The Balaban J connectivity index is 1.62. The van der Waals surface area contributed by atoms with Crippen molar-refractivity contribution >= 4 is 0 Å². The SMILES string of the molecule is CCNC(CCC1CCCO1)CCC1CCCO1. The summed E-state index contributed by atoms with van der Waals surface area (Å²) in [5, 5.41) is 3.62. The molecule has 2 saturated heterocycles. The van der Waals surface area contributed by atoms with Crippen LogP contribution in [0.25, 0.3) is 0 Å². The molecular weight excluding hydrogens is 226 g/mol. The first-order valence-corrected chi connectivity index (χ1v) is 7.85. The summed E-state index contributed by atoms with van der Waals surface area (Å²) in [6, 6.07) is 0.656. The van der Waals surface area contributed by atoms with Crippen molar-refractivity contribution in [3.8, 4) is 0 Å². The van der Waals surface area contributed by atoms with Crippen molar-refractivity contribution in [2.45, 2.75) is 76.5 Å². The average Bonchev–Trinajstić information content (AvgIpc) is 3.05. The summed E-state index contributed by atoms with van der Waals surface area (Å²) in [7, 11) is 0. The molecule has 2 aliphatic rings. The Morgan fingerprint density at radius 2 is 1.56 bits per heavy atom. The van der Waals surface area contributed by atoms with Crippen LogP contribution in [0.15, 0.2) is 0 Å². The quantitative estimate of drug-likeness (QED) is 0.723. The van der Waals surface area contributed by atoms with Crippen LogP contribution in [0.4, 0.5) is 0 Å². The van der Waals surface area contributed by atoms with Gasteiger partial charge in [0, 0.05) is 19.3 Å². The zero-order valence-corrected chi connectivity index (χ0v) is 11.8. The molecule has 0 spiro atoms. The van der Waals surface area contributed by atoms with Crippen LogP contribution in [0.3, 0.4) is 0 Å². The molecule has 3 heteroatoms. The number of ether oxygens (including phenoxy) is 2. The van der Waals surface area contributed by atoms with Crippen LogP contribution in [0.5, 0.6) is 0 Å². The first-order chi connectivity index (χ1) is 8.88. The molecule has 0 saturated carbocycles. The second-order valence-corrected chi connectivity index (χ2v) is 5.68. The fourth-order valence-corrected chi connectivity index (χ4v) is 3.16. The van der Waals surface area contributed by atoms with Crippen molar-refractivity contribution in [1.29, 1.82) is 0 Å². The summed E-state index contributed by atoms with van der Waals surface area (Å²) in [5.41, 5.74) is 0. The third-order valence-corrected chi connectivity index (χ3v) is 4.21. The van der Waals surface area contributed by atoms with Crippen molar-refractivity contribution in [3.05, 3.63) is 0 Å². The third-order valence-electron chi connectivity index (χ3n) is 4.21. The summed E-state index contributed by atoms with van der Waals surface area (Å²) in [5.74, 6) is 0. The van der Waals surface area contributed by atoms with Gasteiger partial charge in [-0.25, -0.2) is 0 Å². The number of nitrogens with one attached hydrogen (secondary N) is 1. The number of rotatable bonds is 8. The van der Waals surface area contributed by atoms with E-state index in [1.807, 2.05) is 0 Å². The minimum Gasteiger partial charge on any atom is -0.378 e. The molecule has 0 radical (unpaired) electrons. The van der Waals surface area contributed by atoms with Gasteiger partial charge in [-0.15, -0.1) is 0 Å². The minimum atomic E-state index is 0.536. The molecule has 0 aromatic carbocycles. The Bertz CT molecular complexity index is 191. The standard InChI is InChI=1S/C15H29NO2/c1-2-16-13(7-9-14-5-3-11-17-14)8-10-15-6-4-12-18-15/h13-16H,2-12H2,1H3. The Kier molecular flexibility index (Phi) is 6.46. The molecule has 1 N–H and O–H groups in total. The van der Waals surface area contributed by atoms with E-state index in [1.54, 1.807) is 0 Å². The van der Waals surface area contributed by atoms with Gasteiger partial charge in [0.15, 0.2) is 0 Å². The lowest BCUT2D eigenvalue weighted by atomic mass is 9.99. The van der Waals surface area contributed by atoms with E-state index in [4.69, 9.17) is 9.47 Å². The summed E-state index contributed by atoms with van der Waals surface area (Å²) >= 11 is 0. The largest absolute Gasteiger partial charge is 0.378 e. The first-order valence-electron chi connectivity index (χ1n) is 7.85. The normalized spacial score (nSPS) is 29.8. The van der Waals surface area contributed by atoms with Crippen LogP contribution in [0.1, 0.15) is 58.3 Å². The topological polar surface area (TPSA) is 30.5 Å². The molecule has 2 atom stereocenters. The maximum absolute atomic E-state index is 5.71. The summed E-state index contributed by atoms with van der Waals surface area (Å²) < 4.78 is 11.4. The van der Waals surface area contributed by atoms with Gasteiger partial charge in [-0.05, 0) is 57.9 Å². The molecule has 2 aliphatic heterocycles. The highest BCUT2D eigenvalue weighted by Gasteiger charge is 2.20. The zero-order chi connectivity index (χ0) is 12.6. The van der Waals surface area contributed by atoms with Crippen molar-refractivity contribution in [1.82, 2.24) is 5.32 Å². The summed E-state index contributed by atoms with van der Waals surface area (Å²) in [4.78, 5) is 0. The van der Waals surface area contributed by atoms with E-state index < -0.39 is 0 Å². The van der Waals surface area contributed by atoms with E-state index >= 15 is 0 Å². The fraction of sp³-hybridized carbons (Fsp3) is 1.00. The Morgan fingerprint density at radius 1 is 1.00 bits per heavy atom. The molecule has 2 rings (SSSR count). The third kappa shape index (κ3) is 4.87. The van der Waals surface area contributed by atoms with Crippen molar-refractivity contribution in [2.75, 3.05) is 19.8 Å². The maximum atomic E-state index is 5.71. The van der Waals surface area contributed by atoms with Crippen LogP contribution in [0.2, 0.25) is 0 Å². The van der Waals surface area contributed by atoms with Gasteiger partial charge in [-0.2, -0.15) is 0 Å². The average molecular weight is 255 g/mol. The highest BCUT2D eigenvalue weighted by atomic mass is 16.5. The maximum Gasteiger partial charge on any atom is 0.0576 e. The molecule has 3 nitrogen and oxygen atoms in total. The van der Waals surface area contributed by atoms with E-state index in [2.05, 4.69) is 12.2 Å². The molecule has 0 amide bonds. The Hall–Kier alpha value is -0.120. The summed E-state index contributed by atoms with van der Waals surface area (Å²) in [6.07, 6.45) is 11.1. The van der Waals surface area contributed by atoms with E-state index in [0.717, 1.165) is 19.8 Å². The van der Waals surface area contributed by atoms with Gasteiger partial charge >= 0.3 is 0 Å². The second-order valence-electron chi connectivity index (χ2n) is 5.68.